The molecule has 7 nitrogen and oxygen atoms in total. The van der Waals surface area contributed by atoms with Gasteiger partial charge in [-0.05, 0) is 18.2 Å². The molecule has 0 bridgehead atoms. The Labute approximate surface area is 141 Å². The maximum atomic E-state index is 5.36. The predicted octanol–water partition coefficient (Wildman–Crippen LogP) is 2.93. The predicted molar refractivity (Wildman–Crippen MR) is 90.4 cm³/mol. The first-order chi connectivity index (χ1) is 11.8. The van der Waals surface area contributed by atoms with Crippen molar-refractivity contribution in [2.45, 2.75) is 0 Å². The van der Waals surface area contributed by atoms with E-state index in [0.29, 0.717) is 11.5 Å². The summed E-state index contributed by atoms with van der Waals surface area (Å²) < 4.78 is 12.4. The molecule has 3 heterocycles. The summed E-state index contributed by atoms with van der Waals surface area (Å²) >= 11 is 1.50. The number of nitrogens with zero attached hydrogens (tertiary/aromatic N) is 5. The zero-order valence-corrected chi connectivity index (χ0v) is 13.8. The normalized spacial score (nSPS) is 10.9. The van der Waals surface area contributed by atoms with Gasteiger partial charge in [-0.25, -0.2) is 19.5 Å². The molecule has 0 saturated carbocycles. The highest BCUT2D eigenvalue weighted by Gasteiger charge is 2.14. The Morgan fingerprint density at radius 2 is 1.75 bits per heavy atom. The summed E-state index contributed by atoms with van der Waals surface area (Å²) in [6.45, 7) is 0. The fraction of sp³-hybridized carbons (Fsp3) is 0.125. The molecule has 0 atom stereocenters. The Bertz CT molecular complexity index is 996. The van der Waals surface area contributed by atoms with E-state index in [4.69, 9.17) is 9.47 Å². The summed E-state index contributed by atoms with van der Waals surface area (Å²) in [7, 11) is 3.23. The van der Waals surface area contributed by atoms with Crippen molar-refractivity contribution in [2.75, 3.05) is 14.2 Å². The largest absolute Gasteiger partial charge is 0.493 e. The first-order valence-electron chi connectivity index (χ1n) is 7.12. The van der Waals surface area contributed by atoms with Gasteiger partial charge < -0.3 is 9.47 Å². The van der Waals surface area contributed by atoms with E-state index in [1.54, 1.807) is 37.3 Å². The van der Waals surface area contributed by atoms with E-state index in [2.05, 4.69) is 20.1 Å². The Morgan fingerprint density at radius 3 is 2.50 bits per heavy atom. The van der Waals surface area contributed by atoms with Gasteiger partial charge in [0.1, 0.15) is 11.3 Å². The van der Waals surface area contributed by atoms with Gasteiger partial charge in [0.25, 0.3) is 0 Å². The monoisotopic (exact) mass is 339 g/mol. The molecule has 0 aliphatic heterocycles. The van der Waals surface area contributed by atoms with Crippen LogP contribution in [-0.4, -0.2) is 38.8 Å². The van der Waals surface area contributed by atoms with Crippen molar-refractivity contribution in [1.82, 2.24) is 24.6 Å². The molecule has 0 amide bonds. The molecule has 0 N–H and O–H groups in total. The lowest BCUT2D eigenvalue weighted by atomic mass is 10.2. The Kier molecular flexibility index (Phi) is 3.58. The highest BCUT2D eigenvalue weighted by molar-refractivity contribution is 7.19. The minimum atomic E-state index is 0.666. The number of hydrogen-bond donors (Lipinski definition) is 0. The van der Waals surface area contributed by atoms with Gasteiger partial charge in [-0.15, -0.1) is 0 Å². The van der Waals surface area contributed by atoms with Crippen LogP contribution in [0.1, 0.15) is 0 Å². The van der Waals surface area contributed by atoms with Crippen LogP contribution >= 0.6 is 11.3 Å². The second-order valence-corrected chi connectivity index (χ2v) is 5.90. The van der Waals surface area contributed by atoms with Gasteiger partial charge in [-0.2, -0.15) is 5.10 Å². The number of benzene rings is 1. The molecule has 0 unspecified atom stereocenters. The lowest BCUT2D eigenvalue weighted by molar-refractivity contribution is 0.355. The van der Waals surface area contributed by atoms with Crippen LogP contribution in [0.5, 0.6) is 11.5 Å². The number of aromatic nitrogens is 5. The molecule has 24 heavy (non-hydrogen) atoms. The molecule has 1 aromatic carbocycles. The van der Waals surface area contributed by atoms with Crippen molar-refractivity contribution in [3.63, 3.8) is 0 Å². The molecule has 0 aliphatic rings. The molecule has 0 saturated heterocycles. The molecule has 3 aromatic heterocycles. The number of imidazole rings is 1. The fourth-order valence-corrected chi connectivity index (χ4v) is 3.28. The summed E-state index contributed by atoms with van der Waals surface area (Å²) in [5.41, 5.74) is 2.67. The summed E-state index contributed by atoms with van der Waals surface area (Å²) in [5, 5.41) is 5.52. The van der Waals surface area contributed by atoms with Crippen LogP contribution in [0.25, 0.3) is 26.8 Å². The summed E-state index contributed by atoms with van der Waals surface area (Å²) in [5.74, 6) is 1.35. The van der Waals surface area contributed by atoms with E-state index in [0.717, 1.165) is 26.8 Å². The van der Waals surface area contributed by atoms with Crippen molar-refractivity contribution < 1.29 is 9.47 Å². The van der Waals surface area contributed by atoms with E-state index in [1.807, 2.05) is 18.2 Å². The minimum absolute atomic E-state index is 0.666. The van der Waals surface area contributed by atoms with Gasteiger partial charge in [-0.1, -0.05) is 11.3 Å². The van der Waals surface area contributed by atoms with E-state index < -0.39 is 0 Å². The molecular weight excluding hydrogens is 326 g/mol. The highest BCUT2D eigenvalue weighted by atomic mass is 32.1. The second kappa shape index (κ2) is 5.89. The topological polar surface area (TPSA) is 74.4 Å². The molecule has 0 fully saturated rings. The number of hydrogen-bond acceptors (Lipinski definition) is 7. The Hall–Kier alpha value is -3.00. The van der Waals surface area contributed by atoms with Gasteiger partial charge >= 0.3 is 0 Å². The number of methoxy groups -OCH3 is 2. The van der Waals surface area contributed by atoms with Crippen molar-refractivity contribution >= 4 is 16.3 Å². The van der Waals surface area contributed by atoms with Crippen LogP contribution < -0.4 is 9.47 Å². The van der Waals surface area contributed by atoms with E-state index >= 15 is 0 Å². The molecule has 0 radical (unpaired) electrons. The third-order valence-electron chi connectivity index (χ3n) is 3.57. The fourth-order valence-electron chi connectivity index (χ4n) is 2.41. The Morgan fingerprint density at radius 1 is 0.958 bits per heavy atom. The summed E-state index contributed by atoms with van der Waals surface area (Å²) in [6.07, 6.45) is 6.76. The maximum Gasteiger partial charge on any atom is 0.213 e. The molecular formula is C16H13N5O2S. The van der Waals surface area contributed by atoms with Crippen LogP contribution in [0.15, 0.2) is 43.1 Å². The van der Waals surface area contributed by atoms with Gasteiger partial charge in [-0.3, -0.25) is 0 Å². The molecule has 0 spiro atoms. The molecule has 0 aliphatic carbocycles. The van der Waals surface area contributed by atoms with Crippen molar-refractivity contribution in [3.05, 3.63) is 43.1 Å². The van der Waals surface area contributed by atoms with Crippen LogP contribution in [0.2, 0.25) is 0 Å². The standard InChI is InChI=1S/C16H13N5O2S/c1-22-13-4-3-10(5-14(13)23-2)15-20-21-12(8-19-16(21)24-15)11-6-17-9-18-7-11/h3-9H,1-2H3. The lowest BCUT2D eigenvalue weighted by Crippen LogP contribution is -1.92. The van der Waals surface area contributed by atoms with Crippen LogP contribution in [-0.2, 0) is 0 Å². The van der Waals surface area contributed by atoms with Crippen LogP contribution in [0.3, 0.4) is 0 Å². The van der Waals surface area contributed by atoms with Crippen molar-refractivity contribution in [2.24, 2.45) is 0 Å². The first-order valence-corrected chi connectivity index (χ1v) is 7.94. The Balaban J connectivity index is 1.80. The molecule has 120 valence electrons. The van der Waals surface area contributed by atoms with E-state index in [-0.39, 0.29) is 0 Å². The molecule has 8 heteroatoms. The van der Waals surface area contributed by atoms with Gasteiger partial charge in [0.05, 0.1) is 26.1 Å². The maximum absolute atomic E-state index is 5.36. The van der Waals surface area contributed by atoms with Gasteiger partial charge in [0, 0.05) is 23.5 Å². The molecule has 4 rings (SSSR count). The zero-order chi connectivity index (χ0) is 16.5. The smallest absolute Gasteiger partial charge is 0.213 e. The second-order valence-electron chi connectivity index (χ2n) is 4.94. The third-order valence-corrected chi connectivity index (χ3v) is 4.54. The van der Waals surface area contributed by atoms with E-state index in [1.165, 1.54) is 17.7 Å². The quantitative estimate of drug-likeness (QED) is 0.569. The lowest BCUT2D eigenvalue weighted by Gasteiger charge is -2.07. The van der Waals surface area contributed by atoms with Crippen LogP contribution in [0.4, 0.5) is 0 Å². The number of ether oxygens (including phenoxy) is 2. The number of fused-ring (bicyclic) bond motifs is 1. The number of rotatable bonds is 4. The first kappa shape index (κ1) is 14.6. The van der Waals surface area contributed by atoms with Crippen LogP contribution in [0, 0.1) is 0 Å². The van der Waals surface area contributed by atoms with Crippen molar-refractivity contribution in [1.29, 1.82) is 0 Å². The average Bonchev–Trinajstić information content (AvgIpc) is 3.22. The van der Waals surface area contributed by atoms with Crippen molar-refractivity contribution in [3.8, 4) is 33.3 Å². The van der Waals surface area contributed by atoms with Gasteiger partial charge in [0.2, 0.25) is 4.96 Å². The third kappa shape index (κ3) is 2.37. The average molecular weight is 339 g/mol. The minimum Gasteiger partial charge on any atom is -0.493 e. The molecule has 4 aromatic rings. The van der Waals surface area contributed by atoms with Gasteiger partial charge in [0.15, 0.2) is 11.5 Å². The SMILES string of the molecule is COc1ccc(-c2nn3c(-c4cncnc4)cnc3s2)cc1OC. The summed E-state index contributed by atoms with van der Waals surface area (Å²) in [4.78, 5) is 13.3. The highest BCUT2D eigenvalue weighted by Crippen LogP contribution is 2.34. The summed E-state index contributed by atoms with van der Waals surface area (Å²) in [6, 6.07) is 5.72. The zero-order valence-electron chi connectivity index (χ0n) is 13.0. The van der Waals surface area contributed by atoms with E-state index in [9.17, 15) is 0 Å².